The molecular formula is C33H26ClNO10. The number of nitrogens with zero attached hydrogens (tertiary/aromatic N) is 1. The van der Waals surface area contributed by atoms with Gasteiger partial charge in [-0.1, -0.05) is 66.2 Å². The Bertz CT molecular complexity index is 1650. The van der Waals surface area contributed by atoms with Crippen LogP contribution in [0.15, 0.2) is 109 Å². The van der Waals surface area contributed by atoms with Crippen LogP contribution in [-0.2, 0) is 18.9 Å². The second-order valence-corrected chi connectivity index (χ2v) is 10.3. The molecule has 0 amide bonds. The molecule has 0 N–H and O–H groups in total. The first kappa shape index (κ1) is 31.2. The Hall–Kier alpha value is -5.26. The fraction of sp³-hybridized carbons (Fsp3) is 0.182. The molecule has 0 radical (unpaired) electrons. The highest BCUT2D eigenvalue weighted by atomic mass is 35.5. The quantitative estimate of drug-likeness (QED) is 0.0879. The molecule has 0 aromatic heterocycles. The van der Waals surface area contributed by atoms with Crippen LogP contribution in [0, 0.1) is 10.1 Å². The molecule has 0 aliphatic carbocycles. The Kier molecular flexibility index (Phi) is 10.0. The Morgan fingerprint density at radius 2 is 1.31 bits per heavy atom. The predicted molar refractivity (Wildman–Crippen MR) is 160 cm³/mol. The number of hydrogen-bond acceptors (Lipinski definition) is 10. The maximum Gasteiger partial charge on any atom is 0.338 e. The summed E-state index contributed by atoms with van der Waals surface area (Å²) in [6, 6.07) is 28.2. The molecule has 0 spiro atoms. The average molecular weight is 632 g/mol. The highest BCUT2D eigenvalue weighted by molar-refractivity contribution is 6.32. The molecular weight excluding hydrogens is 606 g/mol. The summed E-state index contributed by atoms with van der Waals surface area (Å²) < 4.78 is 29.3. The zero-order chi connectivity index (χ0) is 31.8. The molecule has 1 aliphatic heterocycles. The number of non-ortho nitro benzene ring substituents is 1. The number of halogens is 1. The van der Waals surface area contributed by atoms with Crippen molar-refractivity contribution in [1.29, 1.82) is 0 Å². The van der Waals surface area contributed by atoms with Crippen LogP contribution in [0.5, 0.6) is 5.75 Å². The minimum absolute atomic E-state index is 0.0249. The molecule has 4 atom stereocenters. The first-order chi connectivity index (χ1) is 21.8. The number of rotatable bonds is 10. The van der Waals surface area contributed by atoms with E-state index in [9.17, 15) is 24.5 Å². The molecule has 11 nitrogen and oxygen atoms in total. The molecule has 2 unspecified atom stereocenters. The van der Waals surface area contributed by atoms with Crippen molar-refractivity contribution in [2.45, 2.75) is 31.0 Å². The van der Waals surface area contributed by atoms with E-state index in [2.05, 4.69) is 0 Å². The van der Waals surface area contributed by atoms with Gasteiger partial charge in [0.2, 0.25) is 12.4 Å². The molecule has 45 heavy (non-hydrogen) atoms. The van der Waals surface area contributed by atoms with Crippen LogP contribution in [0.4, 0.5) is 5.69 Å². The van der Waals surface area contributed by atoms with E-state index in [1.54, 1.807) is 91.0 Å². The summed E-state index contributed by atoms with van der Waals surface area (Å²) >= 11 is 6.30. The lowest BCUT2D eigenvalue weighted by atomic mass is 10.0. The van der Waals surface area contributed by atoms with Crippen LogP contribution in [0.1, 0.15) is 37.5 Å². The standard InChI is InChI=1S/C33H26ClNO10/c34-26-18-24(35(39)40)16-17-27(26)44-33-29(45-32(38)23-14-8-3-9-15-23)28(43-31(37)22-12-6-2-7-13-22)19-25(42-33)20-41-30(36)21-10-4-1-5-11-21/h1-18,25,28-29,33H,19-20H2/t25?,28-,29?,33-/m0/s1. The Balaban J connectivity index is 1.45. The average Bonchev–Trinajstić information content (AvgIpc) is 3.06. The number of hydrogen-bond donors (Lipinski definition) is 0. The molecule has 0 bridgehead atoms. The topological polar surface area (TPSA) is 140 Å². The SMILES string of the molecule is O=C(OCC1C[C@H](OC(=O)c2ccccc2)C(OC(=O)c2ccccc2)[C@H](Oc2ccc([N+](=O)[O-])cc2Cl)O1)c1ccccc1. The third-order valence-corrected chi connectivity index (χ3v) is 7.05. The molecule has 5 rings (SSSR count). The van der Waals surface area contributed by atoms with Gasteiger partial charge in [-0.2, -0.15) is 0 Å². The van der Waals surface area contributed by atoms with Crippen molar-refractivity contribution in [3.8, 4) is 5.75 Å². The van der Waals surface area contributed by atoms with Crippen molar-refractivity contribution >= 4 is 35.2 Å². The number of ether oxygens (including phenoxy) is 5. The van der Waals surface area contributed by atoms with Crippen LogP contribution in [-0.4, -0.2) is 54.0 Å². The number of nitro benzene ring substituents is 1. The van der Waals surface area contributed by atoms with E-state index < -0.39 is 47.4 Å². The zero-order valence-corrected chi connectivity index (χ0v) is 24.3. The van der Waals surface area contributed by atoms with Gasteiger partial charge in [0.25, 0.3) is 5.69 Å². The maximum atomic E-state index is 13.2. The lowest BCUT2D eigenvalue weighted by Crippen LogP contribution is -2.55. The fourth-order valence-corrected chi connectivity index (χ4v) is 4.76. The van der Waals surface area contributed by atoms with Crippen LogP contribution in [0.3, 0.4) is 0 Å². The van der Waals surface area contributed by atoms with E-state index in [0.717, 1.165) is 6.07 Å². The van der Waals surface area contributed by atoms with Gasteiger partial charge in [-0.3, -0.25) is 10.1 Å². The summed E-state index contributed by atoms with van der Waals surface area (Å²) in [7, 11) is 0. The van der Waals surface area contributed by atoms with Gasteiger partial charge >= 0.3 is 17.9 Å². The predicted octanol–water partition coefficient (Wildman–Crippen LogP) is 6.05. The van der Waals surface area contributed by atoms with E-state index in [1.807, 2.05) is 0 Å². The van der Waals surface area contributed by atoms with Crippen LogP contribution >= 0.6 is 11.6 Å². The summed E-state index contributed by atoms with van der Waals surface area (Å²) in [6.45, 7) is -0.264. The second kappa shape index (κ2) is 14.5. The highest BCUT2D eigenvalue weighted by Gasteiger charge is 2.46. The fourth-order valence-electron chi connectivity index (χ4n) is 4.54. The molecule has 230 valence electrons. The number of benzene rings is 4. The van der Waals surface area contributed by atoms with Gasteiger partial charge in [-0.25, -0.2) is 14.4 Å². The van der Waals surface area contributed by atoms with Gasteiger partial charge in [-0.05, 0) is 42.5 Å². The third-order valence-electron chi connectivity index (χ3n) is 6.76. The number of nitro groups is 1. The molecule has 1 heterocycles. The highest BCUT2D eigenvalue weighted by Crippen LogP contribution is 2.34. The normalized spacial score (nSPS) is 19.1. The van der Waals surface area contributed by atoms with Crippen molar-refractivity contribution < 1.29 is 43.0 Å². The van der Waals surface area contributed by atoms with Gasteiger partial charge in [0, 0.05) is 18.6 Å². The van der Waals surface area contributed by atoms with E-state index >= 15 is 0 Å². The van der Waals surface area contributed by atoms with Gasteiger partial charge in [-0.15, -0.1) is 0 Å². The maximum absolute atomic E-state index is 13.2. The summed E-state index contributed by atoms with van der Waals surface area (Å²) in [4.78, 5) is 49.7. The zero-order valence-electron chi connectivity index (χ0n) is 23.5. The van der Waals surface area contributed by atoms with Gasteiger partial charge < -0.3 is 23.7 Å². The van der Waals surface area contributed by atoms with Gasteiger partial charge in [0.15, 0.2) is 0 Å². The Morgan fingerprint density at radius 1 is 0.778 bits per heavy atom. The summed E-state index contributed by atoms with van der Waals surface area (Å²) in [6.07, 6.45) is -4.85. The largest absolute Gasteiger partial charge is 0.459 e. The van der Waals surface area contributed by atoms with Crippen LogP contribution in [0.25, 0.3) is 0 Å². The van der Waals surface area contributed by atoms with Crippen molar-refractivity contribution in [1.82, 2.24) is 0 Å². The van der Waals surface area contributed by atoms with E-state index in [1.165, 1.54) is 12.1 Å². The Morgan fingerprint density at radius 3 is 1.84 bits per heavy atom. The summed E-state index contributed by atoms with van der Waals surface area (Å²) in [5.41, 5.74) is 0.515. The lowest BCUT2D eigenvalue weighted by Gasteiger charge is -2.40. The minimum Gasteiger partial charge on any atom is -0.459 e. The lowest BCUT2D eigenvalue weighted by molar-refractivity contribution is -0.384. The summed E-state index contributed by atoms with van der Waals surface area (Å²) in [5.74, 6) is -2.08. The first-order valence-corrected chi connectivity index (χ1v) is 14.2. The molecule has 1 fully saturated rings. The number of esters is 3. The summed E-state index contributed by atoms with van der Waals surface area (Å²) in [5, 5.41) is 11.1. The van der Waals surface area contributed by atoms with Crippen molar-refractivity contribution in [2.75, 3.05) is 6.61 Å². The first-order valence-electron chi connectivity index (χ1n) is 13.8. The van der Waals surface area contributed by atoms with Gasteiger partial charge in [0.05, 0.1) is 32.7 Å². The third kappa shape index (κ3) is 8.02. The molecule has 1 aliphatic rings. The number of carbonyl (C=O) groups is 3. The molecule has 4 aromatic carbocycles. The smallest absolute Gasteiger partial charge is 0.338 e. The van der Waals surface area contributed by atoms with Crippen molar-refractivity contribution in [3.05, 3.63) is 141 Å². The van der Waals surface area contributed by atoms with Gasteiger partial charge in [0.1, 0.15) is 18.5 Å². The van der Waals surface area contributed by atoms with Crippen LogP contribution < -0.4 is 4.74 Å². The number of carbonyl (C=O) groups excluding carboxylic acids is 3. The minimum atomic E-state index is -1.45. The monoisotopic (exact) mass is 631 g/mol. The van der Waals surface area contributed by atoms with E-state index in [-0.39, 0.29) is 40.6 Å². The molecule has 4 aromatic rings. The van der Waals surface area contributed by atoms with Crippen molar-refractivity contribution in [2.24, 2.45) is 0 Å². The Labute approximate surface area is 262 Å². The van der Waals surface area contributed by atoms with Crippen LogP contribution in [0.2, 0.25) is 5.02 Å². The molecule has 0 saturated carbocycles. The van der Waals surface area contributed by atoms with E-state index in [4.69, 9.17) is 35.3 Å². The molecule has 12 heteroatoms. The van der Waals surface area contributed by atoms with Crippen molar-refractivity contribution in [3.63, 3.8) is 0 Å². The molecule has 1 saturated heterocycles. The van der Waals surface area contributed by atoms with E-state index in [0.29, 0.717) is 5.56 Å². The second-order valence-electron chi connectivity index (χ2n) is 9.86.